The van der Waals surface area contributed by atoms with E-state index in [0.717, 1.165) is 26.1 Å². The van der Waals surface area contributed by atoms with Crippen molar-refractivity contribution in [1.29, 1.82) is 0 Å². The molecule has 7 heteroatoms. The quantitative estimate of drug-likeness (QED) is 0.633. The van der Waals surface area contributed by atoms with Crippen molar-refractivity contribution in [2.75, 3.05) is 39.2 Å². The van der Waals surface area contributed by atoms with Gasteiger partial charge in [0.15, 0.2) is 0 Å². The Hall–Kier alpha value is -1.63. The number of hydrogen-bond donors (Lipinski definition) is 2. The number of anilines is 1. The molecule has 0 aliphatic rings. The van der Waals surface area contributed by atoms with E-state index in [0.29, 0.717) is 5.95 Å². The third kappa shape index (κ3) is 4.81. The summed E-state index contributed by atoms with van der Waals surface area (Å²) in [5.74, 6) is 0.451. The molecule has 0 spiro atoms. The van der Waals surface area contributed by atoms with Crippen molar-refractivity contribution >= 4 is 5.95 Å². The maximum Gasteiger partial charge on any atom is 0.324 e. The average Bonchev–Trinajstić information content (AvgIpc) is 2.38. The van der Waals surface area contributed by atoms with Crippen LogP contribution >= 0.6 is 0 Å². The Kier molecular flexibility index (Phi) is 6.02. The van der Waals surface area contributed by atoms with Crippen LogP contribution in [0.5, 0.6) is 12.0 Å². The van der Waals surface area contributed by atoms with Crippen LogP contribution in [-0.2, 0) is 0 Å². The summed E-state index contributed by atoms with van der Waals surface area (Å²) in [5, 5.41) is 6.33. The van der Waals surface area contributed by atoms with Gasteiger partial charge in [0.25, 0.3) is 0 Å². The highest BCUT2D eigenvalue weighted by molar-refractivity contribution is 5.27. The standard InChI is InChI=1S/C10H19N5O2/c1-4-5-11-6-7-12-8-13-9(16-2)15-10(14-8)17-3/h11H,4-7H2,1-3H3,(H,12,13,14,15). The van der Waals surface area contributed by atoms with Crippen LogP contribution in [0.4, 0.5) is 5.95 Å². The number of nitrogens with one attached hydrogen (secondary N) is 2. The summed E-state index contributed by atoms with van der Waals surface area (Å²) < 4.78 is 9.89. The van der Waals surface area contributed by atoms with E-state index in [1.165, 1.54) is 14.2 Å². The van der Waals surface area contributed by atoms with Crippen LogP contribution in [0.3, 0.4) is 0 Å². The smallest absolute Gasteiger partial charge is 0.324 e. The molecular weight excluding hydrogens is 222 g/mol. The van der Waals surface area contributed by atoms with Crippen LogP contribution in [0, 0.1) is 0 Å². The van der Waals surface area contributed by atoms with Gasteiger partial charge in [0.2, 0.25) is 5.95 Å². The van der Waals surface area contributed by atoms with Gasteiger partial charge in [-0.2, -0.15) is 9.97 Å². The summed E-state index contributed by atoms with van der Waals surface area (Å²) in [6.07, 6.45) is 1.12. The molecule has 0 unspecified atom stereocenters. The Balaban J connectivity index is 2.46. The first-order chi connectivity index (χ1) is 8.30. The molecular formula is C10H19N5O2. The fourth-order valence-electron chi connectivity index (χ4n) is 1.16. The SMILES string of the molecule is CCCNCCNc1nc(OC)nc(OC)n1. The van der Waals surface area contributed by atoms with Gasteiger partial charge in [-0.05, 0) is 13.0 Å². The van der Waals surface area contributed by atoms with E-state index in [2.05, 4.69) is 32.5 Å². The molecule has 0 aliphatic heterocycles. The largest absolute Gasteiger partial charge is 0.467 e. The van der Waals surface area contributed by atoms with Crippen LogP contribution in [0.15, 0.2) is 0 Å². The van der Waals surface area contributed by atoms with E-state index in [4.69, 9.17) is 9.47 Å². The van der Waals surface area contributed by atoms with Crippen LogP contribution < -0.4 is 20.1 Å². The molecule has 0 amide bonds. The van der Waals surface area contributed by atoms with Gasteiger partial charge in [-0.3, -0.25) is 0 Å². The highest BCUT2D eigenvalue weighted by Crippen LogP contribution is 2.11. The van der Waals surface area contributed by atoms with Gasteiger partial charge in [0, 0.05) is 13.1 Å². The Morgan fingerprint density at radius 2 is 1.59 bits per heavy atom. The number of nitrogens with zero attached hydrogens (tertiary/aromatic N) is 3. The second-order valence-corrected chi connectivity index (χ2v) is 3.31. The van der Waals surface area contributed by atoms with E-state index in [-0.39, 0.29) is 12.0 Å². The van der Waals surface area contributed by atoms with Crippen molar-refractivity contribution in [2.45, 2.75) is 13.3 Å². The van der Waals surface area contributed by atoms with Crippen molar-refractivity contribution in [1.82, 2.24) is 20.3 Å². The van der Waals surface area contributed by atoms with E-state index in [1.54, 1.807) is 0 Å². The second-order valence-electron chi connectivity index (χ2n) is 3.31. The zero-order chi connectivity index (χ0) is 12.5. The van der Waals surface area contributed by atoms with Crippen LogP contribution in [0.1, 0.15) is 13.3 Å². The Morgan fingerprint density at radius 3 is 2.12 bits per heavy atom. The first-order valence-corrected chi connectivity index (χ1v) is 5.58. The molecule has 0 saturated heterocycles. The molecule has 1 aromatic rings. The van der Waals surface area contributed by atoms with Gasteiger partial charge in [0.05, 0.1) is 14.2 Å². The van der Waals surface area contributed by atoms with Gasteiger partial charge in [-0.25, -0.2) is 0 Å². The molecule has 0 fully saturated rings. The van der Waals surface area contributed by atoms with Gasteiger partial charge < -0.3 is 20.1 Å². The zero-order valence-electron chi connectivity index (χ0n) is 10.5. The molecule has 2 N–H and O–H groups in total. The predicted molar refractivity (Wildman–Crippen MR) is 64.6 cm³/mol. The number of rotatable bonds is 8. The number of ether oxygens (including phenoxy) is 2. The number of hydrogen-bond acceptors (Lipinski definition) is 7. The van der Waals surface area contributed by atoms with Crippen molar-refractivity contribution in [3.63, 3.8) is 0 Å². The summed E-state index contributed by atoms with van der Waals surface area (Å²) in [6.45, 7) is 4.72. The van der Waals surface area contributed by atoms with Crippen molar-refractivity contribution in [2.24, 2.45) is 0 Å². The molecule has 1 rings (SSSR count). The highest BCUT2D eigenvalue weighted by atomic mass is 16.5. The van der Waals surface area contributed by atoms with Crippen molar-refractivity contribution in [3.8, 4) is 12.0 Å². The third-order valence-electron chi connectivity index (χ3n) is 1.97. The minimum atomic E-state index is 0.237. The highest BCUT2D eigenvalue weighted by Gasteiger charge is 2.05. The average molecular weight is 241 g/mol. The molecule has 96 valence electrons. The molecule has 7 nitrogen and oxygen atoms in total. The molecule has 0 aliphatic carbocycles. The van der Waals surface area contributed by atoms with Gasteiger partial charge in [0.1, 0.15) is 0 Å². The van der Waals surface area contributed by atoms with Gasteiger partial charge in [-0.15, -0.1) is 4.98 Å². The lowest BCUT2D eigenvalue weighted by atomic mass is 10.5. The van der Waals surface area contributed by atoms with E-state index in [9.17, 15) is 0 Å². The summed E-state index contributed by atoms with van der Waals surface area (Å²) in [4.78, 5) is 12.0. The fraction of sp³-hybridized carbons (Fsp3) is 0.700. The zero-order valence-corrected chi connectivity index (χ0v) is 10.5. The lowest BCUT2D eigenvalue weighted by Crippen LogP contribution is -2.23. The summed E-state index contributed by atoms with van der Waals surface area (Å²) in [5.41, 5.74) is 0. The predicted octanol–water partition coefficient (Wildman–Crippen LogP) is 0.300. The summed E-state index contributed by atoms with van der Waals surface area (Å²) in [7, 11) is 3.00. The first kappa shape index (κ1) is 13.4. The molecule has 0 radical (unpaired) electrons. The van der Waals surface area contributed by atoms with E-state index >= 15 is 0 Å². The Bertz CT molecular complexity index is 312. The molecule has 0 bridgehead atoms. The third-order valence-corrected chi connectivity index (χ3v) is 1.97. The normalized spacial score (nSPS) is 10.1. The van der Waals surface area contributed by atoms with Gasteiger partial charge in [-0.1, -0.05) is 6.92 Å². The molecule has 17 heavy (non-hydrogen) atoms. The second kappa shape index (κ2) is 7.61. The topological polar surface area (TPSA) is 81.2 Å². The maximum absolute atomic E-state index is 4.94. The van der Waals surface area contributed by atoms with Crippen LogP contribution in [-0.4, -0.2) is 48.8 Å². The fourth-order valence-corrected chi connectivity index (χ4v) is 1.16. The summed E-state index contributed by atoms with van der Waals surface area (Å²) >= 11 is 0. The first-order valence-electron chi connectivity index (χ1n) is 5.58. The van der Waals surface area contributed by atoms with Gasteiger partial charge >= 0.3 is 12.0 Å². The molecule has 0 saturated carbocycles. The lowest BCUT2D eigenvalue weighted by molar-refractivity contribution is 0.341. The van der Waals surface area contributed by atoms with E-state index < -0.39 is 0 Å². The monoisotopic (exact) mass is 241 g/mol. The molecule has 1 aromatic heterocycles. The minimum Gasteiger partial charge on any atom is -0.467 e. The Morgan fingerprint density at radius 1 is 0.941 bits per heavy atom. The lowest BCUT2D eigenvalue weighted by Gasteiger charge is -2.07. The minimum absolute atomic E-state index is 0.237. The number of methoxy groups -OCH3 is 2. The van der Waals surface area contributed by atoms with Crippen LogP contribution in [0.2, 0.25) is 0 Å². The maximum atomic E-state index is 4.94. The van der Waals surface area contributed by atoms with Crippen LogP contribution in [0.25, 0.3) is 0 Å². The molecule has 0 atom stereocenters. The summed E-state index contributed by atoms with van der Waals surface area (Å²) in [6, 6.07) is 0.474. The molecule has 1 heterocycles. The van der Waals surface area contributed by atoms with E-state index in [1.807, 2.05) is 0 Å². The van der Waals surface area contributed by atoms with Crippen molar-refractivity contribution < 1.29 is 9.47 Å². The molecule has 0 aromatic carbocycles. The Labute approximate surface area is 101 Å². The number of aromatic nitrogens is 3. The van der Waals surface area contributed by atoms with Crippen molar-refractivity contribution in [3.05, 3.63) is 0 Å².